The molecule has 0 fully saturated rings. The van der Waals surface area contributed by atoms with Gasteiger partial charge in [0.2, 0.25) is 0 Å². The molecule has 0 aliphatic heterocycles. The van der Waals surface area contributed by atoms with Crippen molar-refractivity contribution in [1.82, 2.24) is 0 Å². The maximum atomic E-state index is 8.58. The molecule has 0 aliphatic carbocycles. The fraction of sp³-hybridized carbons (Fsp3) is 0. The van der Waals surface area contributed by atoms with E-state index in [4.69, 9.17) is 57.5 Å². The third-order valence-electron chi connectivity index (χ3n) is 0. The Labute approximate surface area is 265 Å². The van der Waals surface area contributed by atoms with Crippen LogP contribution in [-0.2, 0) is 0 Å². The molecule has 0 amide bonds. The van der Waals surface area contributed by atoms with Crippen molar-refractivity contribution in [3.63, 3.8) is 0 Å². The van der Waals surface area contributed by atoms with Crippen molar-refractivity contribution >= 4 is 27.1 Å². The fourth-order valence-electron chi connectivity index (χ4n) is 0. The summed E-state index contributed by atoms with van der Waals surface area (Å²) in [5.74, 6) is 0. The zero-order valence-electron chi connectivity index (χ0n) is 7.47. The van der Waals surface area contributed by atoms with Gasteiger partial charge < -0.3 is 84.7 Å². The molecular weight excluding hydrogens is 968 g/mol. The minimum atomic E-state index is -5.61. The molecule has 0 aromatic heterocycles. The number of hydrogen-bond donors (Lipinski definition) is 0. The van der Waals surface area contributed by atoms with Gasteiger partial charge in [-0.15, -0.1) is 0 Å². The molecule has 0 heterocycles. The van der Waals surface area contributed by atoms with E-state index in [0.29, 0.717) is 0 Å². The second-order valence-corrected chi connectivity index (χ2v) is 4.50. The van der Waals surface area contributed by atoms with E-state index in [1.165, 1.54) is 0 Å². The van der Waals surface area contributed by atoms with Gasteiger partial charge in [-0.3, -0.25) is 0 Å². The van der Waals surface area contributed by atoms with Crippen molar-refractivity contribution in [1.29, 1.82) is 0 Å². The third kappa shape index (κ3) is 307. The van der Waals surface area contributed by atoms with E-state index in [0.717, 1.165) is 0 Å². The molecule has 19 heavy (non-hydrogen) atoms. The fourth-order valence-corrected chi connectivity index (χ4v) is 0. The molecular formula is O12Si3Yb4. The van der Waals surface area contributed by atoms with Gasteiger partial charge in [-0.25, -0.2) is 0 Å². The van der Waals surface area contributed by atoms with Gasteiger partial charge in [0.1, 0.15) is 0 Å². The summed E-state index contributed by atoms with van der Waals surface area (Å²) < 4.78 is 0. The van der Waals surface area contributed by atoms with E-state index in [9.17, 15) is 0 Å². The van der Waals surface area contributed by atoms with Crippen molar-refractivity contribution in [2.45, 2.75) is 0 Å². The molecule has 0 atom stereocenters. The van der Waals surface area contributed by atoms with E-state index in [-0.39, 0.29) is 188 Å². The van der Waals surface area contributed by atoms with Gasteiger partial charge in [-0.2, -0.15) is 0 Å². The zero-order chi connectivity index (χ0) is 13.5. The normalized spacial score (nSPS) is 9.47. The topological polar surface area (TPSA) is 277 Å². The Morgan fingerprint density at radius 3 is 0.263 bits per heavy atom. The Morgan fingerprint density at radius 2 is 0.263 bits per heavy atom. The van der Waals surface area contributed by atoms with Gasteiger partial charge in [-0.1, -0.05) is 0 Å². The molecule has 12 nitrogen and oxygen atoms in total. The molecule has 4 radical (unpaired) electrons. The minimum absolute atomic E-state index is 0. The molecule has 0 bridgehead atoms. The quantitative estimate of drug-likeness (QED) is 0.205. The molecule has 19 heteroatoms. The van der Waals surface area contributed by atoms with E-state index in [1.807, 2.05) is 0 Å². The SMILES string of the molecule is [O-][Si]([O-])([O-])[O-].[O-][Si]([O-])([O-])[O-].[O-][Si]([O-])([O-])[O-].[Yb+3].[Yb+3].[Yb+3].[Yb+3]. The predicted molar refractivity (Wildman–Crippen MR) is 17.3 cm³/mol. The average molecular weight is 968 g/mol. The number of rotatable bonds is 0. The van der Waals surface area contributed by atoms with Crippen LogP contribution in [0.1, 0.15) is 0 Å². The van der Waals surface area contributed by atoms with Crippen LogP contribution >= 0.6 is 0 Å². The molecule has 0 aliphatic rings. The standard InChI is InChI=1S/3O4Si.4Yb/c3*1-5(2,3)4;;;;/q3*-4;4*+3. The van der Waals surface area contributed by atoms with Crippen LogP contribution in [0, 0.1) is 188 Å². The van der Waals surface area contributed by atoms with E-state index in [1.54, 1.807) is 0 Å². The Hall–Kier alpha value is 6.25. The van der Waals surface area contributed by atoms with E-state index in [2.05, 4.69) is 0 Å². The summed E-state index contributed by atoms with van der Waals surface area (Å²) >= 11 is 0. The van der Waals surface area contributed by atoms with Gasteiger partial charge in [-0.05, 0) is 0 Å². The Morgan fingerprint density at radius 1 is 0.263 bits per heavy atom. The first-order valence-corrected chi connectivity index (χ1v) is 7.35. The summed E-state index contributed by atoms with van der Waals surface area (Å²) in [7, 11) is -16.8. The Bertz CT molecular complexity index is 100.0. The molecule has 0 unspecified atom stereocenters. The third-order valence-corrected chi connectivity index (χ3v) is 0. The maximum Gasteiger partial charge on any atom is 3.00 e. The molecule has 0 rings (SSSR count). The number of hydrogen-bond acceptors (Lipinski definition) is 12. The first-order chi connectivity index (χ1) is 6.00. The molecule has 0 N–H and O–H groups in total. The van der Waals surface area contributed by atoms with Crippen LogP contribution < -0.4 is 57.5 Å². The van der Waals surface area contributed by atoms with Gasteiger partial charge in [0.25, 0.3) is 0 Å². The minimum Gasteiger partial charge on any atom is -0.894 e. The van der Waals surface area contributed by atoms with Crippen LogP contribution in [-0.4, -0.2) is 27.1 Å². The zero-order valence-corrected chi connectivity index (χ0v) is 17.3. The van der Waals surface area contributed by atoms with Gasteiger partial charge in [0.15, 0.2) is 0 Å². The van der Waals surface area contributed by atoms with Gasteiger partial charge in [0, 0.05) is 0 Å². The first-order valence-electron chi connectivity index (χ1n) is 2.45. The summed E-state index contributed by atoms with van der Waals surface area (Å²) in [4.78, 5) is 103. The summed E-state index contributed by atoms with van der Waals surface area (Å²) in [6, 6.07) is 0. The Kier molecular flexibility index (Phi) is 52.3. The van der Waals surface area contributed by atoms with Crippen molar-refractivity contribution < 1.29 is 245 Å². The monoisotopic (exact) mass is 972 g/mol. The summed E-state index contributed by atoms with van der Waals surface area (Å²) in [6.45, 7) is 0. The maximum absolute atomic E-state index is 8.58. The smallest absolute Gasteiger partial charge is 0.894 e. The van der Waals surface area contributed by atoms with Crippen molar-refractivity contribution in [2.75, 3.05) is 0 Å². The molecule has 0 saturated heterocycles. The molecule has 140 valence electrons. The summed E-state index contributed by atoms with van der Waals surface area (Å²) in [5, 5.41) is 0. The largest absolute Gasteiger partial charge is 3.00 e. The molecule has 0 spiro atoms. The van der Waals surface area contributed by atoms with Crippen LogP contribution in [0.25, 0.3) is 0 Å². The predicted octanol–water partition coefficient (Wildman–Crippen LogP) is -15.4. The Balaban J connectivity index is -0.0000000206. The molecule has 0 aromatic carbocycles. The van der Waals surface area contributed by atoms with Gasteiger partial charge in [0.05, 0.1) is 0 Å². The van der Waals surface area contributed by atoms with Gasteiger partial charge >= 0.3 is 188 Å². The summed E-state index contributed by atoms with van der Waals surface area (Å²) in [5.41, 5.74) is 0. The van der Waals surface area contributed by atoms with Crippen molar-refractivity contribution in [3.8, 4) is 0 Å². The first kappa shape index (κ1) is 44.6. The van der Waals surface area contributed by atoms with Crippen molar-refractivity contribution in [2.24, 2.45) is 0 Å². The second kappa shape index (κ2) is 22.3. The van der Waals surface area contributed by atoms with Crippen LogP contribution in [0.15, 0.2) is 0 Å². The van der Waals surface area contributed by atoms with Crippen LogP contribution in [0.2, 0.25) is 0 Å². The van der Waals surface area contributed by atoms with Crippen LogP contribution in [0.3, 0.4) is 0 Å². The second-order valence-electron chi connectivity index (χ2n) is 1.50. The van der Waals surface area contributed by atoms with Crippen molar-refractivity contribution in [3.05, 3.63) is 0 Å². The van der Waals surface area contributed by atoms with Crippen LogP contribution in [0.4, 0.5) is 0 Å². The van der Waals surface area contributed by atoms with E-state index >= 15 is 0 Å². The van der Waals surface area contributed by atoms with E-state index < -0.39 is 27.1 Å². The summed E-state index contributed by atoms with van der Waals surface area (Å²) in [6.07, 6.45) is 0. The average Bonchev–Trinajstić information content (AvgIpc) is 1.41. The van der Waals surface area contributed by atoms with Crippen LogP contribution in [0.5, 0.6) is 0 Å². The molecule has 0 aromatic rings. The molecule has 0 saturated carbocycles.